The average Bonchev–Trinajstić information content (AvgIpc) is 3.66. The van der Waals surface area contributed by atoms with Gasteiger partial charge in [-0.3, -0.25) is 9.48 Å². The van der Waals surface area contributed by atoms with Crippen LogP contribution in [0.4, 0.5) is 30.5 Å². The minimum Gasteiger partial charge on any atom is -0.323 e. The van der Waals surface area contributed by atoms with E-state index in [1.165, 1.54) is 42.7 Å². The molecule has 4 heterocycles. The molecular formula is C31H23F3N8O3S. The largest absolute Gasteiger partial charge is 0.419 e. The summed E-state index contributed by atoms with van der Waals surface area (Å²) in [7, 11) is -4.21. The molecule has 0 radical (unpaired) electrons. The van der Waals surface area contributed by atoms with Gasteiger partial charge in [0.05, 0.1) is 29.0 Å². The number of carbonyl (C=O) groups is 1. The van der Waals surface area contributed by atoms with Crippen molar-refractivity contribution in [2.24, 2.45) is 0 Å². The maximum atomic E-state index is 14.2. The van der Waals surface area contributed by atoms with Crippen LogP contribution in [0.3, 0.4) is 0 Å². The topological polar surface area (TPSA) is 137 Å². The van der Waals surface area contributed by atoms with Gasteiger partial charge in [-0.15, -0.1) is 0 Å². The standard InChI is InChI=1S/C31H23F3N8O3S/c1-2-27(43)38-21-12-10-20(11-13-21)17-41-18-22(15-37-41)39-30-36-16-26(31(32,33)34)28(40-30)25-19-42(29-24(25)9-6-14-35-29)46(44,45)23-7-4-3-5-8-23/h2-16,18-19H,1,17H2,(H,38,43)(H,36,39,40). The minimum absolute atomic E-state index is 0.0556. The van der Waals surface area contributed by atoms with E-state index in [4.69, 9.17) is 0 Å². The number of benzene rings is 2. The zero-order valence-electron chi connectivity index (χ0n) is 23.7. The molecule has 0 bridgehead atoms. The number of fused-ring (bicyclic) bond motifs is 1. The Morgan fingerprint density at radius 2 is 1.70 bits per heavy atom. The van der Waals surface area contributed by atoms with Crippen molar-refractivity contribution in [3.05, 3.63) is 121 Å². The van der Waals surface area contributed by atoms with Gasteiger partial charge in [-0.05, 0) is 48.0 Å². The minimum atomic E-state index is -4.85. The molecule has 15 heteroatoms. The van der Waals surface area contributed by atoms with Crippen LogP contribution in [0.1, 0.15) is 11.1 Å². The average molecular weight is 645 g/mol. The highest BCUT2D eigenvalue weighted by Gasteiger charge is 2.37. The van der Waals surface area contributed by atoms with Gasteiger partial charge in [0.1, 0.15) is 5.56 Å². The van der Waals surface area contributed by atoms with Crippen LogP contribution in [0, 0.1) is 0 Å². The second-order valence-electron chi connectivity index (χ2n) is 9.93. The predicted molar refractivity (Wildman–Crippen MR) is 165 cm³/mol. The number of alkyl halides is 3. The van der Waals surface area contributed by atoms with Crippen molar-refractivity contribution >= 4 is 44.3 Å². The van der Waals surface area contributed by atoms with Gasteiger partial charge in [0.25, 0.3) is 10.0 Å². The Morgan fingerprint density at radius 1 is 0.935 bits per heavy atom. The van der Waals surface area contributed by atoms with Gasteiger partial charge in [0.2, 0.25) is 11.9 Å². The Hall–Kier alpha value is -5.83. The van der Waals surface area contributed by atoms with E-state index < -0.39 is 27.5 Å². The number of amides is 1. The predicted octanol–water partition coefficient (Wildman–Crippen LogP) is 5.86. The van der Waals surface area contributed by atoms with Crippen LogP contribution in [0.2, 0.25) is 0 Å². The monoisotopic (exact) mass is 644 g/mol. The molecule has 0 saturated carbocycles. The third kappa shape index (κ3) is 6.08. The highest BCUT2D eigenvalue weighted by Crippen LogP contribution is 2.40. The van der Waals surface area contributed by atoms with E-state index in [1.807, 2.05) is 12.1 Å². The zero-order valence-corrected chi connectivity index (χ0v) is 24.5. The summed E-state index contributed by atoms with van der Waals surface area (Å²) in [4.78, 5) is 23.7. The molecule has 0 unspecified atom stereocenters. The van der Waals surface area contributed by atoms with Gasteiger partial charge in [-0.2, -0.15) is 18.3 Å². The molecule has 232 valence electrons. The van der Waals surface area contributed by atoms with Crippen molar-refractivity contribution < 1.29 is 26.4 Å². The second-order valence-corrected chi connectivity index (χ2v) is 11.7. The Balaban J connectivity index is 1.33. The normalized spacial score (nSPS) is 11.8. The van der Waals surface area contributed by atoms with Crippen LogP contribution < -0.4 is 10.6 Å². The lowest BCUT2D eigenvalue weighted by atomic mass is 10.1. The molecule has 0 aliphatic heterocycles. The number of halogens is 3. The lowest BCUT2D eigenvalue weighted by Crippen LogP contribution is -2.12. The molecule has 0 spiro atoms. The zero-order chi connectivity index (χ0) is 32.5. The Kier molecular flexibility index (Phi) is 7.83. The summed E-state index contributed by atoms with van der Waals surface area (Å²) in [6.45, 7) is 3.78. The summed E-state index contributed by atoms with van der Waals surface area (Å²) < 4.78 is 72.2. The quantitative estimate of drug-likeness (QED) is 0.187. The number of nitrogens with one attached hydrogen (secondary N) is 2. The lowest BCUT2D eigenvalue weighted by molar-refractivity contribution is -0.137. The van der Waals surface area contributed by atoms with Crippen LogP contribution in [0.15, 0.2) is 115 Å². The Bertz CT molecular complexity index is 2180. The van der Waals surface area contributed by atoms with Crippen LogP contribution in [-0.2, 0) is 27.5 Å². The molecule has 1 amide bonds. The first-order valence-corrected chi connectivity index (χ1v) is 15.0. The number of rotatable bonds is 9. The first-order valence-electron chi connectivity index (χ1n) is 13.6. The van der Waals surface area contributed by atoms with E-state index in [0.29, 0.717) is 24.1 Å². The molecule has 11 nitrogen and oxygen atoms in total. The summed E-state index contributed by atoms with van der Waals surface area (Å²) in [6.07, 6.45) is 2.49. The smallest absolute Gasteiger partial charge is 0.323 e. The second kappa shape index (κ2) is 11.9. The summed E-state index contributed by atoms with van der Waals surface area (Å²) in [5, 5.41) is 9.98. The summed E-state index contributed by atoms with van der Waals surface area (Å²) in [5.74, 6) is -0.496. The fourth-order valence-corrected chi connectivity index (χ4v) is 6.03. The number of pyridine rings is 1. The van der Waals surface area contributed by atoms with Crippen molar-refractivity contribution in [1.29, 1.82) is 0 Å². The van der Waals surface area contributed by atoms with Gasteiger partial charge in [0, 0.05) is 41.4 Å². The number of aromatic nitrogens is 6. The molecule has 4 aromatic heterocycles. The molecule has 2 N–H and O–H groups in total. The molecule has 6 aromatic rings. The molecule has 0 atom stereocenters. The molecule has 2 aromatic carbocycles. The van der Waals surface area contributed by atoms with Crippen molar-refractivity contribution in [2.75, 3.05) is 10.6 Å². The van der Waals surface area contributed by atoms with Gasteiger partial charge >= 0.3 is 6.18 Å². The third-order valence-electron chi connectivity index (χ3n) is 6.82. The molecule has 0 fully saturated rings. The third-order valence-corrected chi connectivity index (χ3v) is 8.49. The van der Waals surface area contributed by atoms with E-state index in [-0.39, 0.29) is 33.3 Å². The lowest BCUT2D eigenvalue weighted by Gasteiger charge is -2.13. The van der Waals surface area contributed by atoms with E-state index in [0.717, 1.165) is 15.7 Å². The molecule has 46 heavy (non-hydrogen) atoms. The van der Waals surface area contributed by atoms with Gasteiger partial charge < -0.3 is 10.6 Å². The van der Waals surface area contributed by atoms with Crippen molar-refractivity contribution in [2.45, 2.75) is 17.6 Å². The van der Waals surface area contributed by atoms with Crippen LogP contribution >= 0.6 is 0 Å². The first-order chi connectivity index (χ1) is 22.0. The van der Waals surface area contributed by atoms with Gasteiger partial charge in [-0.1, -0.05) is 36.9 Å². The van der Waals surface area contributed by atoms with E-state index >= 15 is 0 Å². The van der Waals surface area contributed by atoms with Crippen molar-refractivity contribution in [3.8, 4) is 11.3 Å². The molecular weight excluding hydrogens is 621 g/mol. The van der Waals surface area contributed by atoms with Crippen LogP contribution in [0.5, 0.6) is 0 Å². The summed E-state index contributed by atoms with van der Waals surface area (Å²) >= 11 is 0. The molecule has 6 rings (SSSR count). The number of anilines is 3. The molecule has 0 aliphatic rings. The maximum Gasteiger partial charge on any atom is 0.419 e. The van der Waals surface area contributed by atoms with E-state index in [2.05, 4.69) is 37.3 Å². The summed E-state index contributed by atoms with van der Waals surface area (Å²) in [6, 6.07) is 17.6. The SMILES string of the molecule is C=CC(=O)Nc1ccc(Cn2cc(Nc3ncc(C(F)(F)F)c(-c4cn(S(=O)(=O)c5ccccc5)c5ncccc45)n3)cn2)cc1. The number of carbonyl (C=O) groups excluding carboxylic acids is 1. The molecule has 0 aliphatic carbocycles. The van der Waals surface area contributed by atoms with Crippen molar-refractivity contribution in [1.82, 2.24) is 28.7 Å². The Morgan fingerprint density at radius 3 is 2.41 bits per heavy atom. The van der Waals surface area contributed by atoms with Gasteiger partial charge in [0.15, 0.2) is 5.65 Å². The fraction of sp³-hybridized carbons (Fsp3) is 0.0645. The first kappa shape index (κ1) is 30.2. The number of nitrogens with zero attached hydrogens (tertiary/aromatic N) is 6. The van der Waals surface area contributed by atoms with E-state index in [9.17, 15) is 26.4 Å². The number of hydrogen-bond donors (Lipinski definition) is 2. The fourth-order valence-electron chi connectivity index (χ4n) is 4.68. The Labute approximate surface area is 260 Å². The summed E-state index contributed by atoms with van der Waals surface area (Å²) in [5.41, 5.74) is 0.0423. The number of hydrogen-bond acceptors (Lipinski definition) is 8. The van der Waals surface area contributed by atoms with Gasteiger partial charge in [-0.25, -0.2) is 27.3 Å². The molecule has 0 saturated heterocycles. The highest BCUT2D eigenvalue weighted by molar-refractivity contribution is 7.90. The van der Waals surface area contributed by atoms with Crippen LogP contribution in [-0.4, -0.2) is 43.0 Å². The van der Waals surface area contributed by atoms with Crippen molar-refractivity contribution in [3.63, 3.8) is 0 Å². The van der Waals surface area contributed by atoms with Crippen LogP contribution in [0.25, 0.3) is 22.3 Å². The highest BCUT2D eigenvalue weighted by atomic mass is 32.2. The van der Waals surface area contributed by atoms with E-state index in [1.54, 1.807) is 41.2 Å². The maximum absolute atomic E-state index is 14.2.